The minimum atomic E-state index is 0.960. The van der Waals surface area contributed by atoms with E-state index in [1.807, 2.05) is 7.05 Å². The van der Waals surface area contributed by atoms with Gasteiger partial charge in [0.05, 0.1) is 0 Å². The molecule has 1 saturated heterocycles. The maximum absolute atomic E-state index is 3.22. The standard InChI is InChI=1S/C12H25N3/c1-13-6-2-7-14-8-3-9-15(11-10-14)12-4-5-12/h12-13H,2-11H2,1H3. The highest BCUT2D eigenvalue weighted by atomic mass is 15.2. The van der Waals surface area contributed by atoms with Gasteiger partial charge in [0.1, 0.15) is 0 Å². The molecule has 3 nitrogen and oxygen atoms in total. The zero-order valence-electron chi connectivity index (χ0n) is 10.0. The van der Waals surface area contributed by atoms with Crippen molar-refractivity contribution in [3.63, 3.8) is 0 Å². The quantitative estimate of drug-likeness (QED) is 0.678. The van der Waals surface area contributed by atoms with Crippen LogP contribution in [-0.2, 0) is 0 Å². The zero-order valence-corrected chi connectivity index (χ0v) is 10.0. The molecule has 0 unspecified atom stereocenters. The Morgan fingerprint density at radius 3 is 2.73 bits per heavy atom. The van der Waals surface area contributed by atoms with E-state index in [4.69, 9.17) is 0 Å². The van der Waals surface area contributed by atoms with Gasteiger partial charge in [-0.25, -0.2) is 0 Å². The minimum Gasteiger partial charge on any atom is -0.320 e. The molecule has 3 heteroatoms. The molecule has 0 aromatic carbocycles. The van der Waals surface area contributed by atoms with Gasteiger partial charge in [0, 0.05) is 19.1 Å². The van der Waals surface area contributed by atoms with Crippen LogP contribution in [0.5, 0.6) is 0 Å². The fourth-order valence-electron chi connectivity index (χ4n) is 2.50. The lowest BCUT2D eigenvalue weighted by molar-refractivity contribution is 0.249. The van der Waals surface area contributed by atoms with E-state index < -0.39 is 0 Å². The number of nitrogens with zero attached hydrogens (tertiary/aromatic N) is 2. The Hall–Kier alpha value is -0.120. The molecule has 0 amide bonds. The van der Waals surface area contributed by atoms with E-state index in [2.05, 4.69) is 15.1 Å². The van der Waals surface area contributed by atoms with E-state index in [1.54, 1.807) is 0 Å². The highest BCUT2D eigenvalue weighted by molar-refractivity contribution is 4.86. The number of hydrogen-bond donors (Lipinski definition) is 1. The summed E-state index contributed by atoms with van der Waals surface area (Å²) in [4.78, 5) is 5.35. The van der Waals surface area contributed by atoms with Crippen molar-refractivity contribution in [1.29, 1.82) is 0 Å². The summed E-state index contributed by atoms with van der Waals surface area (Å²) in [7, 11) is 2.04. The van der Waals surface area contributed by atoms with Crippen molar-refractivity contribution in [2.24, 2.45) is 0 Å². The predicted molar refractivity (Wildman–Crippen MR) is 64.2 cm³/mol. The third kappa shape index (κ3) is 3.74. The first kappa shape index (κ1) is 11.4. The summed E-state index contributed by atoms with van der Waals surface area (Å²) in [6.07, 6.45) is 5.58. The summed E-state index contributed by atoms with van der Waals surface area (Å²) >= 11 is 0. The molecule has 0 aromatic rings. The van der Waals surface area contributed by atoms with E-state index >= 15 is 0 Å². The summed E-state index contributed by atoms with van der Waals surface area (Å²) in [5, 5.41) is 3.22. The van der Waals surface area contributed by atoms with E-state index in [9.17, 15) is 0 Å². The van der Waals surface area contributed by atoms with E-state index in [0.29, 0.717) is 0 Å². The van der Waals surface area contributed by atoms with Crippen molar-refractivity contribution < 1.29 is 0 Å². The van der Waals surface area contributed by atoms with Gasteiger partial charge in [-0.05, 0) is 58.9 Å². The Morgan fingerprint density at radius 1 is 1.13 bits per heavy atom. The molecule has 2 aliphatic rings. The highest BCUT2D eigenvalue weighted by Gasteiger charge is 2.29. The molecular formula is C12H25N3. The Balaban J connectivity index is 1.65. The zero-order chi connectivity index (χ0) is 10.5. The van der Waals surface area contributed by atoms with E-state index in [0.717, 1.165) is 12.6 Å². The molecule has 1 aliphatic carbocycles. The normalized spacial score (nSPS) is 25.4. The fourth-order valence-corrected chi connectivity index (χ4v) is 2.50. The second-order valence-corrected chi connectivity index (χ2v) is 4.92. The van der Waals surface area contributed by atoms with Gasteiger partial charge in [0.2, 0.25) is 0 Å². The van der Waals surface area contributed by atoms with Crippen molar-refractivity contribution >= 4 is 0 Å². The number of nitrogens with one attached hydrogen (secondary N) is 1. The second kappa shape index (κ2) is 5.83. The van der Waals surface area contributed by atoms with Crippen LogP contribution in [0, 0.1) is 0 Å². The Kier molecular flexibility index (Phi) is 4.42. The molecular weight excluding hydrogens is 186 g/mol. The highest BCUT2D eigenvalue weighted by Crippen LogP contribution is 2.27. The van der Waals surface area contributed by atoms with Gasteiger partial charge < -0.3 is 10.2 Å². The van der Waals surface area contributed by atoms with Gasteiger partial charge in [-0.1, -0.05) is 0 Å². The summed E-state index contributed by atoms with van der Waals surface area (Å²) in [5.41, 5.74) is 0. The summed E-state index contributed by atoms with van der Waals surface area (Å²) in [6, 6.07) is 0.960. The lowest BCUT2D eigenvalue weighted by Crippen LogP contribution is -2.33. The van der Waals surface area contributed by atoms with Crippen LogP contribution in [0.15, 0.2) is 0 Å². The Labute approximate surface area is 93.8 Å². The van der Waals surface area contributed by atoms with Crippen LogP contribution < -0.4 is 5.32 Å². The van der Waals surface area contributed by atoms with Gasteiger partial charge in [-0.15, -0.1) is 0 Å². The first-order chi connectivity index (χ1) is 7.40. The monoisotopic (exact) mass is 211 g/mol. The maximum Gasteiger partial charge on any atom is 0.0112 e. The second-order valence-electron chi connectivity index (χ2n) is 4.92. The third-order valence-electron chi connectivity index (χ3n) is 3.59. The van der Waals surface area contributed by atoms with Crippen LogP contribution in [0.25, 0.3) is 0 Å². The average molecular weight is 211 g/mol. The van der Waals surface area contributed by atoms with Gasteiger partial charge in [-0.2, -0.15) is 0 Å². The summed E-state index contributed by atoms with van der Waals surface area (Å²) in [6.45, 7) is 7.69. The van der Waals surface area contributed by atoms with Crippen LogP contribution in [0.3, 0.4) is 0 Å². The molecule has 0 aromatic heterocycles. The van der Waals surface area contributed by atoms with E-state index in [1.165, 1.54) is 58.4 Å². The van der Waals surface area contributed by atoms with Gasteiger partial charge in [0.15, 0.2) is 0 Å². The van der Waals surface area contributed by atoms with Crippen molar-refractivity contribution in [3.8, 4) is 0 Å². The third-order valence-corrected chi connectivity index (χ3v) is 3.59. The molecule has 2 rings (SSSR count). The van der Waals surface area contributed by atoms with Gasteiger partial charge in [0.25, 0.3) is 0 Å². The summed E-state index contributed by atoms with van der Waals surface area (Å²) < 4.78 is 0. The minimum absolute atomic E-state index is 0.960. The van der Waals surface area contributed by atoms with Crippen LogP contribution in [0.4, 0.5) is 0 Å². The molecule has 0 bridgehead atoms. The molecule has 0 spiro atoms. The van der Waals surface area contributed by atoms with Gasteiger partial charge in [-0.3, -0.25) is 4.90 Å². The van der Waals surface area contributed by atoms with Gasteiger partial charge >= 0.3 is 0 Å². The molecule has 2 fully saturated rings. The number of rotatable bonds is 5. The molecule has 0 radical (unpaired) electrons. The lowest BCUT2D eigenvalue weighted by Gasteiger charge is -2.21. The SMILES string of the molecule is CNCCCN1CCCN(C2CC2)CC1. The van der Waals surface area contributed by atoms with Crippen LogP contribution >= 0.6 is 0 Å². The maximum atomic E-state index is 3.22. The molecule has 88 valence electrons. The molecule has 1 saturated carbocycles. The van der Waals surface area contributed by atoms with Crippen molar-refractivity contribution in [1.82, 2.24) is 15.1 Å². The largest absolute Gasteiger partial charge is 0.320 e. The Morgan fingerprint density at radius 2 is 2.00 bits per heavy atom. The molecule has 1 heterocycles. The fraction of sp³-hybridized carbons (Fsp3) is 1.00. The lowest BCUT2D eigenvalue weighted by atomic mass is 10.3. The van der Waals surface area contributed by atoms with Crippen LogP contribution in [0.2, 0.25) is 0 Å². The molecule has 1 aliphatic heterocycles. The predicted octanol–water partition coefficient (Wildman–Crippen LogP) is 0.766. The van der Waals surface area contributed by atoms with E-state index in [-0.39, 0.29) is 0 Å². The van der Waals surface area contributed by atoms with Crippen molar-refractivity contribution in [2.45, 2.75) is 31.7 Å². The van der Waals surface area contributed by atoms with Crippen LogP contribution in [0.1, 0.15) is 25.7 Å². The topological polar surface area (TPSA) is 18.5 Å². The average Bonchev–Trinajstić information content (AvgIpc) is 3.04. The molecule has 0 atom stereocenters. The van der Waals surface area contributed by atoms with Crippen molar-refractivity contribution in [2.75, 3.05) is 46.3 Å². The first-order valence-corrected chi connectivity index (χ1v) is 6.51. The summed E-state index contributed by atoms with van der Waals surface area (Å²) in [5.74, 6) is 0. The van der Waals surface area contributed by atoms with Crippen molar-refractivity contribution in [3.05, 3.63) is 0 Å². The smallest absolute Gasteiger partial charge is 0.0112 e. The van der Waals surface area contributed by atoms with Crippen LogP contribution in [-0.4, -0.2) is 62.2 Å². The molecule has 1 N–H and O–H groups in total. The molecule has 15 heavy (non-hydrogen) atoms. The number of hydrogen-bond acceptors (Lipinski definition) is 3. The Bertz CT molecular complexity index is 180. The first-order valence-electron chi connectivity index (χ1n) is 6.51.